The second-order valence-corrected chi connectivity index (χ2v) is 3.29. The third kappa shape index (κ3) is 4.18. The molecule has 0 spiro atoms. The van der Waals surface area contributed by atoms with Gasteiger partial charge in [0.1, 0.15) is 5.75 Å². The Labute approximate surface area is 105 Å². The minimum absolute atomic E-state index is 0.157. The van der Waals surface area contributed by atoms with Crippen LogP contribution in [0.5, 0.6) is 5.75 Å². The van der Waals surface area contributed by atoms with Gasteiger partial charge in [0.15, 0.2) is 6.61 Å². The van der Waals surface area contributed by atoms with Crippen molar-refractivity contribution in [1.82, 2.24) is 5.32 Å². The number of rotatable bonds is 5. The summed E-state index contributed by atoms with van der Waals surface area (Å²) in [5, 5.41) is 2.46. The maximum absolute atomic E-state index is 11.3. The summed E-state index contributed by atoms with van der Waals surface area (Å²) < 4.78 is 9.79. The second-order valence-electron chi connectivity index (χ2n) is 3.29. The summed E-state index contributed by atoms with van der Waals surface area (Å²) in [6, 6.07) is 6.37. The number of carbonyl (C=O) groups is 2. The van der Waals surface area contributed by atoms with E-state index >= 15 is 0 Å². The van der Waals surface area contributed by atoms with E-state index in [2.05, 4.69) is 16.0 Å². The first-order chi connectivity index (χ1) is 8.67. The molecule has 0 fully saturated rings. The minimum atomic E-state index is -0.461. The maximum atomic E-state index is 11.3. The summed E-state index contributed by atoms with van der Waals surface area (Å²) in [5.74, 6) is 1.91. The van der Waals surface area contributed by atoms with Crippen molar-refractivity contribution < 1.29 is 19.1 Å². The standard InChI is InChI=1S/C13H13NO4/c1-3-7-14-12(15)9-18-11-6-4-5-10(8-11)13(16)17-2/h1,4-6,8H,7,9H2,2H3,(H,14,15). The third-order valence-corrected chi connectivity index (χ3v) is 2.01. The highest BCUT2D eigenvalue weighted by atomic mass is 16.5. The Morgan fingerprint density at radius 1 is 1.44 bits per heavy atom. The lowest BCUT2D eigenvalue weighted by Crippen LogP contribution is -2.29. The van der Waals surface area contributed by atoms with Gasteiger partial charge in [-0.1, -0.05) is 12.0 Å². The zero-order chi connectivity index (χ0) is 13.4. The topological polar surface area (TPSA) is 64.6 Å². The first-order valence-corrected chi connectivity index (χ1v) is 5.18. The van der Waals surface area contributed by atoms with E-state index in [9.17, 15) is 9.59 Å². The Morgan fingerprint density at radius 2 is 2.22 bits per heavy atom. The van der Waals surface area contributed by atoms with Crippen LogP contribution in [-0.4, -0.2) is 32.1 Å². The molecule has 1 aromatic carbocycles. The fraction of sp³-hybridized carbons (Fsp3) is 0.231. The van der Waals surface area contributed by atoms with Crippen molar-refractivity contribution in [3.05, 3.63) is 29.8 Å². The third-order valence-electron chi connectivity index (χ3n) is 2.01. The molecule has 0 bridgehead atoms. The van der Waals surface area contributed by atoms with Crippen LogP contribution in [0.15, 0.2) is 24.3 Å². The normalized spacial score (nSPS) is 9.11. The number of terminal acetylenes is 1. The summed E-state index contributed by atoms with van der Waals surface area (Å²) in [4.78, 5) is 22.5. The Bertz CT molecular complexity index is 476. The van der Waals surface area contributed by atoms with Crippen LogP contribution in [-0.2, 0) is 9.53 Å². The van der Waals surface area contributed by atoms with Crippen LogP contribution in [0, 0.1) is 12.3 Å². The average Bonchev–Trinajstić information content (AvgIpc) is 2.42. The number of benzene rings is 1. The zero-order valence-electron chi connectivity index (χ0n) is 9.93. The largest absolute Gasteiger partial charge is 0.484 e. The Morgan fingerprint density at radius 3 is 2.89 bits per heavy atom. The monoisotopic (exact) mass is 247 g/mol. The number of carbonyl (C=O) groups excluding carboxylic acids is 2. The molecule has 0 aliphatic heterocycles. The van der Waals surface area contributed by atoms with Crippen LogP contribution in [0.2, 0.25) is 0 Å². The van der Waals surface area contributed by atoms with E-state index in [0.29, 0.717) is 11.3 Å². The van der Waals surface area contributed by atoms with Gasteiger partial charge in [-0.2, -0.15) is 0 Å². The van der Waals surface area contributed by atoms with Crippen LogP contribution in [0.1, 0.15) is 10.4 Å². The lowest BCUT2D eigenvalue weighted by Gasteiger charge is -2.07. The van der Waals surface area contributed by atoms with Gasteiger partial charge in [0, 0.05) is 0 Å². The predicted octanol–water partition coefficient (Wildman–Crippen LogP) is 0.601. The van der Waals surface area contributed by atoms with Gasteiger partial charge in [0.25, 0.3) is 5.91 Å². The van der Waals surface area contributed by atoms with Crippen molar-refractivity contribution in [2.75, 3.05) is 20.3 Å². The molecular weight excluding hydrogens is 234 g/mol. The van der Waals surface area contributed by atoms with Crippen LogP contribution < -0.4 is 10.1 Å². The van der Waals surface area contributed by atoms with E-state index in [1.54, 1.807) is 18.2 Å². The molecule has 0 aromatic heterocycles. The molecule has 0 saturated heterocycles. The molecule has 0 radical (unpaired) electrons. The van der Waals surface area contributed by atoms with Crippen molar-refractivity contribution in [1.29, 1.82) is 0 Å². The Hall–Kier alpha value is -2.48. The quantitative estimate of drug-likeness (QED) is 0.611. The molecule has 0 atom stereocenters. The molecule has 18 heavy (non-hydrogen) atoms. The molecule has 1 aromatic rings. The molecular formula is C13H13NO4. The Kier molecular flexibility index (Phi) is 5.26. The summed E-state index contributed by atoms with van der Waals surface area (Å²) in [7, 11) is 1.29. The molecule has 0 aliphatic carbocycles. The maximum Gasteiger partial charge on any atom is 0.337 e. The van der Waals surface area contributed by atoms with E-state index in [0.717, 1.165) is 0 Å². The van der Waals surface area contributed by atoms with Crippen molar-refractivity contribution in [2.45, 2.75) is 0 Å². The van der Waals surface area contributed by atoms with Gasteiger partial charge in [-0.05, 0) is 18.2 Å². The smallest absolute Gasteiger partial charge is 0.337 e. The molecule has 1 rings (SSSR count). The van der Waals surface area contributed by atoms with Gasteiger partial charge in [-0.15, -0.1) is 6.42 Å². The molecule has 5 heteroatoms. The number of amides is 1. The van der Waals surface area contributed by atoms with Crippen molar-refractivity contribution in [3.63, 3.8) is 0 Å². The van der Waals surface area contributed by atoms with Crippen LogP contribution >= 0.6 is 0 Å². The first-order valence-electron chi connectivity index (χ1n) is 5.18. The fourth-order valence-corrected chi connectivity index (χ4v) is 1.18. The lowest BCUT2D eigenvalue weighted by atomic mass is 10.2. The second kappa shape index (κ2) is 6.97. The summed E-state index contributed by atoms with van der Waals surface area (Å²) in [5.41, 5.74) is 0.360. The molecule has 0 aliphatic rings. The van der Waals surface area contributed by atoms with Crippen molar-refractivity contribution >= 4 is 11.9 Å². The summed E-state index contributed by atoms with van der Waals surface area (Å²) >= 11 is 0. The number of hydrogen-bond acceptors (Lipinski definition) is 4. The minimum Gasteiger partial charge on any atom is -0.484 e. The van der Waals surface area contributed by atoms with E-state index in [1.165, 1.54) is 13.2 Å². The average molecular weight is 247 g/mol. The van der Waals surface area contributed by atoms with E-state index in [-0.39, 0.29) is 19.1 Å². The van der Waals surface area contributed by atoms with Gasteiger partial charge >= 0.3 is 5.97 Å². The molecule has 0 saturated carbocycles. The molecule has 1 amide bonds. The van der Waals surface area contributed by atoms with Crippen molar-refractivity contribution in [2.24, 2.45) is 0 Å². The highest BCUT2D eigenvalue weighted by Gasteiger charge is 2.07. The number of methoxy groups -OCH3 is 1. The molecule has 5 nitrogen and oxygen atoms in total. The van der Waals surface area contributed by atoms with E-state index < -0.39 is 5.97 Å². The van der Waals surface area contributed by atoms with Crippen LogP contribution in [0.3, 0.4) is 0 Å². The predicted molar refractivity (Wildman–Crippen MR) is 65.1 cm³/mol. The zero-order valence-corrected chi connectivity index (χ0v) is 9.93. The van der Waals surface area contributed by atoms with Gasteiger partial charge in [0.2, 0.25) is 0 Å². The lowest BCUT2D eigenvalue weighted by molar-refractivity contribution is -0.122. The van der Waals surface area contributed by atoms with Gasteiger partial charge in [-0.3, -0.25) is 4.79 Å². The highest BCUT2D eigenvalue weighted by molar-refractivity contribution is 5.89. The number of hydrogen-bond donors (Lipinski definition) is 1. The Balaban J connectivity index is 2.55. The highest BCUT2D eigenvalue weighted by Crippen LogP contribution is 2.13. The van der Waals surface area contributed by atoms with Gasteiger partial charge in [-0.25, -0.2) is 4.79 Å². The SMILES string of the molecule is C#CCNC(=O)COc1cccc(C(=O)OC)c1. The molecule has 0 unspecified atom stereocenters. The summed E-state index contributed by atoms with van der Waals surface area (Å²) in [6.45, 7) is -0.00327. The van der Waals surface area contributed by atoms with Crippen LogP contribution in [0.25, 0.3) is 0 Å². The van der Waals surface area contributed by atoms with Gasteiger partial charge in [0.05, 0.1) is 19.2 Å². The fourth-order valence-electron chi connectivity index (χ4n) is 1.18. The van der Waals surface area contributed by atoms with Gasteiger partial charge < -0.3 is 14.8 Å². The number of nitrogens with one attached hydrogen (secondary N) is 1. The number of esters is 1. The van der Waals surface area contributed by atoms with Crippen molar-refractivity contribution in [3.8, 4) is 18.1 Å². The van der Waals surface area contributed by atoms with Crippen LogP contribution in [0.4, 0.5) is 0 Å². The summed E-state index contributed by atoms with van der Waals surface area (Å²) in [6.07, 6.45) is 5.00. The number of ether oxygens (including phenoxy) is 2. The van der Waals surface area contributed by atoms with E-state index in [1.807, 2.05) is 0 Å². The molecule has 0 heterocycles. The molecule has 94 valence electrons. The molecule has 1 N–H and O–H groups in total. The first kappa shape index (κ1) is 13.6. The van der Waals surface area contributed by atoms with E-state index in [4.69, 9.17) is 11.2 Å².